The van der Waals surface area contributed by atoms with Crippen molar-refractivity contribution in [3.63, 3.8) is 0 Å². The molecule has 0 radical (unpaired) electrons. The predicted molar refractivity (Wildman–Crippen MR) is 79.2 cm³/mol. The number of rotatable bonds is 4. The maximum Gasteiger partial charge on any atom is 0.0406 e. The summed E-state index contributed by atoms with van der Waals surface area (Å²) in [6.07, 6.45) is 9.42. The van der Waals surface area contributed by atoms with Gasteiger partial charge >= 0.3 is 0 Å². The van der Waals surface area contributed by atoms with Crippen LogP contribution in [-0.4, -0.2) is 12.1 Å². The summed E-state index contributed by atoms with van der Waals surface area (Å²) in [5, 5.41) is 4.61. The fourth-order valence-electron chi connectivity index (χ4n) is 2.88. The van der Waals surface area contributed by atoms with Crippen LogP contribution in [0, 0.1) is 0 Å². The standard InChI is InChI=1S/C16H24ClN/c1-13(12-14-8-10-15(17)11-9-14)18-16-6-4-2-3-5-7-16/h8-11,13,16,18H,2-7,12H2,1H3. The lowest BCUT2D eigenvalue weighted by atomic mass is 10.0. The zero-order valence-electron chi connectivity index (χ0n) is 11.3. The van der Waals surface area contributed by atoms with Gasteiger partial charge in [-0.2, -0.15) is 0 Å². The van der Waals surface area contributed by atoms with Crippen molar-refractivity contribution < 1.29 is 0 Å². The van der Waals surface area contributed by atoms with E-state index in [1.54, 1.807) is 0 Å². The van der Waals surface area contributed by atoms with E-state index >= 15 is 0 Å². The minimum Gasteiger partial charge on any atom is -0.311 e. The van der Waals surface area contributed by atoms with Gasteiger partial charge in [0.25, 0.3) is 0 Å². The fourth-order valence-corrected chi connectivity index (χ4v) is 3.01. The predicted octanol–water partition coefficient (Wildman–Crippen LogP) is 4.58. The second-order valence-electron chi connectivity index (χ2n) is 5.59. The largest absolute Gasteiger partial charge is 0.311 e. The van der Waals surface area contributed by atoms with Crippen LogP contribution in [-0.2, 0) is 6.42 Å². The summed E-state index contributed by atoms with van der Waals surface area (Å²) < 4.78 is 0. The summed E-state index contributed by atoms with van der Waals surface area (Å²) in [5.74, 6) is 0. The molecule has 0 saturated heterocycles. The first-order chi connectivity index (χ1) is 8.74. The van der Waals surface area contributed by atoms with Crippen molar-refractivity contribution >= 4 is 11.6 Å². The smallest absolute Gasteiger partial charge is 0.0406 e. The van der Waals surface area contributed by atoms with Crippen molar-refractivity contribution in [2.24, 2.45) is 0 Å². The minimum atomic E-state index is 0.550. The Morgan fingerprint density at radius 2 is 1.72 bits per heavy atom. The maximum absolute atomic E-state index is 5.91. The monoisotopic (exact) mass is 265 g/mol. The zero-order valence-corrected chi connectivity index (χ0v) is 12.0. The molecule has 1 N–H and O–H groups in total. The van der Waals surface area contributed by atoms with Gasteiger partial charge in [0.1, 0.15) is 0 Å². The molecular weight excluding hydrogens is 242 g/mol. The molecule has 1 aromatic carbocycles. The van der Waals surface area contributed by atoms with E-state index in [9.17, 15) is 0 Å². The Hall–Kier alpha value is -0.530. The molecule has 1 aliphatic rings. The van der Waals surface area contributed by atoms with Crippen LogP contribution in [0.4, 0.5) is 0 Å². The lowest BCUT2D eigenvalue weighted by Crippen LogP contribution is -2.37. The highest BCUT2D eigenvalue weighted by Crippen LogP contribution is 2.18. The molecular formula is C16H24ClN. The van der Waals surface area contributed by atoms with E-state index in [-0.39, 0.29) is 0 Å². The summed E-state index contributed by atoms with van der Waals surface area (Å²) in [6.45, 7) is 2.29. The molecule has 0 amide bonds. The second kappa shape index (κ2) is 7.16. The Bertz CT molecular complexity index is 339. The molecule has 0 bridgehead atoms. The van der Waals surface area contributed by atoms with E-state index in [0.717, 1.165) is 17.5 Å². The van der Waals surface area contributed by atoms with Crippen LogP contribution in [0.2, 0.25) is 5.02 Å². The molecule has 1 nitrogen and oxygen atoms in total. The van der Waals surface area contributed by atoms with Gasteiger partial charge in [-0.1, -0.05) is 49.4 Å². The number of benzene rings is 1. The molecule has 0 heterocycles. The van der Waals surface area contributed by atoms with Crippen LogP contribution in [0.1, 0.15) is 51.0 Å². The number of halogens is 1. The SMILES string of the molecule is CC(Cc1ccc(Cl)cc1)NC1CCCCCC1. The molecule has 1 unspecified atom stereocenters. The lowest BCUT2D eigenvalue weighted by Gasteiger charge is -2.22. The van der Waals surface area contributed by atoms with Crippen molar-refractivity contribution in [3.8, 4) is 0 Å². The molecule has 0 aliphatic heterocycles. The lowest BCUT2D eigenvalue weighted by molar-refractivity contribution is 0.406. The van der Waals surface area contributed by atoms with E-state index in [0.29, 0.717) is 6.04 Å². The van der Waals surface area contributed by atoms with Crippen LogP contribution in [0.15, 0.2) is 24.3 Å². The Morgan fingerprint density at radius 3 is 2.33 bits per heavy atom. The Morgan fingerprint density at radius 1 is 1.11 bits per heavy atom. The van der Waals surface area contributed by atoms with Crippen molar-refractivity contribution in [2.75, 3.05) is 0 Å². The third-order valence-corrected chi connectivity index (χ3v) is 4.08. The van der Waals surface area contributed by atoms with Gasteiger partial charge in [0.05, 0.1) is 0 Å². The van der Waals surface area contributed by atoms with Gasteiger partial charge in [-0.25, -0.2) is 0 Å². The summed E-state index contributed by atoms with van der Waals surface area (Å²) in [5.41, 5.74) is 1.37. The quantitative estimate of drug-likeness (QED) is 0.786. The van der Waals surface area contributed by atoms with E-state index in [4.69, 9.17) is 11.6 Å². The topological polar surface area (TPSA) is 12.0 Å². The highest BCUT2D eigenvalue weighted by Gasteiger charge is 2.14. The first-order valence-electron chi connectivity index (χ1n) is 7.24. The van der Waals surface area contributed by atoms with Gasteiger partial charge in [-0.15, -0.1) is 0 Å². The molecule has 18 heavy (non-hydrogen) atoms. The number of nitrogens with one attached hydrogen (secondary N) is 1. The first-order valence-corrected chi connectivity index (χ1v) is 7.62. The second-order valence-corrected chi connectivity index (χ2v) is 6.02. The molecule has 1 saturated carbocycles. The molecule has 2 heteroatoms. The van der Waals surface area contributed by atoms with Crippen molar-refractivity contribution in [3.05, 3.63) is 34.9 Å². The highest BCUT2D eigenvalue weighted by molar-refractivity contribution is 6.30. The summed E-state index contributed by atoms with van der Waals surface area (Å²) >= 11 is 5.91. The fraction of sp³-hybridized carbons (Fsp3) is 0.625. The molecule has 1 fully saturated rings. The summed E-state index contributed by atoms with van der Waals surface area (Å²) in [6, 6.07) is 9.51. The van der Waals surface area contributed by atoms with Crippen LogP contribution in [0.3, 0.4) is 0 Å². The van der Waals surface area contributed by atoms with Gasteiger partial charge in [-0.05, 0) is 43.9 Å². The zero-order chi connectivity index (χ0) is 12.8. The number of hydrogen-bond acceptors (Lipinski definition) is 1. The Kier molecular flexibility index (Phi) is 5.52. The van der Waals surface area contributed by atoms with Gasteiger partial charge in [0.2, 0.25) is 0 Å². The maximum atomic E-state index is 5.91. The summed E-state index contributed by atoms with van der Waals surface area (Å²) in [4.78, 5) is 0. The van der Waals surface area contributed by atoms with Crippen LogP contribution in [0.5, 0.6) is 0 Å². The van der Waals surface area contributed by atoms with Gasteiger partial charge in [0.15, 0.2) is 0 Å². The average molecular weight is 266 g/mol. The Balaban J connectivity index is 1.80. The molecule has 0 aromatic heterocycles. The van der Waals surface area contributed by atoms with Crippen LogP contribution < -0.4 is 5.32 Å². The normalized spacial score (nSPS) is 19.4. The molecule has 2 rings (SSSR count). The molecule has 1 atom stereocenters. The van der Waals surface area contributed by atoms with Crippen LogP contribution in [0.25, 0.3) is 0 Å². The van der Waals surface area contributed by atoms with Gasteiger partial charge in [0, 0.05) is 17.1 Å². The average Bonchev–Trinajstić information content (AvgIpc) is 2.61. The van der Waals surface area contributed by atoms with E-state index < -0.39 is 0 Å². The van der Waals surface area contributed by atoms with E-state index in [1.165, 1.54) is 44.1 Å². The van der Waals surface area contributed by atoms with E-state index in [2.05, 4.69) is 24.4 Å². The molecule has 100 valence electrons. The third kappa shape index (κ3) is 4.62. The minimum absolute atomic E-state index is 0.550. The molecule has 1 aliphatic carbocycles. The van der Waals surface area contributed by atoms with Crippen molar-refractivity contribution in [1.82, 2.24) is 5.32 Å². The molecule has 0 spiro atoms. The van der Waals surface area contributed by atoms with Crippen molar-refractivity contribution in [1.29, 1.82) is 0 Å². The van der Waals surface area contributed by atoms with Crippen LogP contribution >= 0.6 is 11.6 Å². The third-order valence-electron chi connectivity index (χ3n) is 3.83. The van der Waals surface area contributed by atoms with E-state index in [1.807, 2.05) is 12.1 Å². The summed E-state index contributed by atoms with van der Waals surface area (Å²) in [7, 11) is 0. The van der Waals surface area contributed by atoms with Gasteiger partial charge < -0.3 is 5.32 Å². The Labute approximate surface area is 116 Å². The van der Waals surface area contributed by atoms with Gasteiger partial charge in [-0.3, -0.25) is 0 Å². The highest BCUT2D eigenvalue weighted by atomic mass is 35.5. The first kappa shape index (κ1) is 13.9. The number of hydrogen-bond donors (Lipinski definition) is 1. The molecule has 1 aromatic rings. The van der Waals surface area contributed by atoms with Crippen molar-refractivity contribution in [2.45, 2.75) is 64.0 Å².